The third-order valence-electron chi connectivity index (χ3n) is 2.83. The summed E-state index contributed by atoms with van der Waals surface area (Å²) in [5.74, 6) is -0.265. The van der Waals surface area contributed by atoms with Crippen LogP contribution >= 0.6 is 0 Å². The molecule has 0 heterocycles. The fourth-order valence-electron chi connectivity index (χ4n) is 1.70. The topological polar surface area (TPSA) is 26.3 Å². The van der Waals surface area contributed by atoms with Crippen LogP contribution in [0, 0.1) is 0 Å². The maximum Gasteiger partial charge on any atom is 0.333 e. The average molecular weight is 252 g/mol. The van der Waals surface area contributed by atoms with Crippen LogP contribution in [0.4, 0.5) is 0 Å². The fourth-order valence-corrected chi connectivity index (χ4v) is 1.70. The number of ether oxygens (including phenoxy) is 1. The van der Waals surface area contributed by atoms with Crippen molar-refractivity contribution in [1.82, 2.24) is 0 Å². The fraction of sp³-hybridized carbons (Fsp3) is 0.688. The maximum absolute atomic E-state index is 11.1. The van der Waals surface area contributed by atoms with Gasteiger partial charge in [-0.2, -0.15) is 0 Å². The van der Waals surface area contributed by atoms with Crippen LogP contribution in [-0.2, 0) is 9.53 Å². The Bertz CT molecular complexity index is 254. The van der Waals surface area contributed by atoms with Crippen molar-refractivity contribution in [1.29, 1.82) is 0 Å². The molecular formula is C16H28O2. The first-order chi connectivity index (χ1) is 8.68. The van der Waals surface area contributed by atoms with Gasteiger partial charge >= 0.3 is 5.97 Å². The van der Waals surface area contributed by atoms with E-state index in [4.69, 9.17) is 4.74 Å². The SMILES string of the molecule is C=C(C)C(=O)OCCCCCCCCC/C=C/C. The highest BCUT2D eigenvalue weighted by atomic mass is 16.5. The molecule has 2 nitrogen and oxygen atoms in total. The predicted octanol–water partition coefficient (Wildman–Crippen LogP) is 4.80. The molecule has 0 atom stereocenters. The van der Waals surface area contributed by atoms with Crippen LogP contribution in [0.1, 0.15) is 65.2 Å². The molecule has 0 saturated carbocycles. The van der Waals surface area contributed by atoms with Gasteiger partial charge in [-0.05, 0) is 33.1 Å². The zero-order valence-corrected chi connectivity index (χ0v) is 12.0. The van der Waals surface area contributed by atoms with E-state index >= 15 is 0 Å². The summed E-state index contributed by atoms with van der Waals surface area (Å²) in [5.41, 5.74) is 0.483. The molecule has 0 radical (unpaired) electrons. The maximum atomic E-state index is 11.1. The first kappa shape index (κ1) is 16.9. The second-order valence-electron chi connectivity index (χ2n) is 4.75. The van der Waals surface area contributed by atoms with Crippen molar-refractivity contribution >= 4 is 5.97 Å². The van der Waals surface area contributed by atoms with Gasteiger partial charge in [0.2, 0.25) is 0 Å². The van der Waals surface area contributed by atoms with E-state index in [1.165, 1.54) is 38.5 Å². The summed E-state index contributed by atoms with van der Waals surface area (Å²) in [5, 5.41) is 0. The summed E-state index contributed by atoms with van der Waals surface area (Å²) in [6.07, 6.45) is 14.2. The van der Waals surface area contributed by atoms with Crippen molar-refractivity contribution in [2.75, 3.05) is 6.61 Å². The van der Waals surface area contributed by atoms with Crippen LogP contribution in [0.2, 0.25) is 0 Å². The summed E-state index contributed by atoms with van der Waals surface area (Å²) in [6.45, 7) is 7.83. The normalized spacial score (nSPS) is 10.8. The van der Waals surface area contributed by atoms with Crippen molar-refractivity contribution < 1.29 is 9.53 Å². The van der Waals surface area contributed by atoms with Crippen molar-refractivity contribution in [2.24, 2.45) is 0 Å². The first-order valence-corrected chi connectivity index (χ1v) is 7.12. The zero-order valence-electron chi connectivity index (χ0n) is 12.0. The van der Waals surface area contributed by atoms with E-state index in [2.05, 4.69) is 25.7 Å². The van der Waals surface area contributed by atoms with Gasteiger partial charge in [-0.1, -0.05) is 50.8 Å². The Balaban J connectivity index is 3.12. The molecule has 2 heteroatoms. The first-order valence-electron chi connectivity index (χ1n) is 7.12. The lowest BCUT2D eigenvalue weighted by Crippen LogP contribution is -2.05. The van der Waals surface area contributed by atoms with Gasteiger partial charge < -0.3 is 4.74 Å². The second kappa shape index (κ2) is 12.4. The Morgan fingerprint density at radius 1 is 1.06 bits per heavy atom. The van der Waals surface area contributed by atoms with Gasteiger partial charge in [-0.25, -0.2) is 4.79 Å². The van der Waals surface area contributed by atoms with E-state index in [0.717, 1.165) is 12.8 Å². The van der Waals surface area contributed by atoms with E-state index in [9.17, 15) is 4.79 Å². The minimum atomic E-state index is -0.265. The van der Waals surface area contributed by atoms with Gasteiger partial charge in [0.1, 0.15) is 0 Å². The second-order valence-corrected chi connectivity index (χ2v) is 4.75. The largest absolute Gasteiger partial charge is 0.462 e. The molecule has 0 aliphatic carbocycles. The molecular weight excluding hydrogens is 224 g/mol. The Kier molecular flexibility index (Phi) is 11.7. The van der Waals surface area contributed by atoms with Crippen molar-refractivity contribution in [2.45, 2.75) is 65.2 Å². The minimum absolute atomic E-state index is 0.265. The van der Waals surface area contributed by atoms with Crippen molar-refractivity contribution in [3.63, 3.8) is 0 Å². The third-order valence-corrected chi connectivity index (χ3v) is 2.83. The minimum Gasteiger partial charge on any atom is -0.462 e. The standard InChI is InChI=1S/C16H28O2/c1-4-5-6-7-8-9-10-11-12-13-14-18-16(17)15(2)3/h4-5H,2,6-14H2,1,3H3/b5-4+. The van der Waals surface area contributed by atoms with E-state index < -0.39 is 0 Å². The lowest BCUT2D eigenvalue weighted by Gasteiger charge is -2.04. The average Bonchev–Trinajstić information content (AvgIpc) is 2.35. The summed E-state index contributed by atoms with van der Waals surface area (Å²) in [7, 11) is 0. The molecule has 0 N–H and O–H groups in total. The Hall–Kier alpha value is -1.05. The number of unbranched alkanes of at least 4 members (excludes halogenated alkanes) is 7. The third kappa shape index (κ3) is 11.4. The molecule has 0 rings (SSSR count). The highest BCUT2D eigenvalue weighted by Crippen LogP contribution is 2.09. The zero-order chi connectivity index (χ0) is 13.6. The lowest BCUT2D eigenvalue weighted by atomic mass is 10.1. The molecule has 0 fully saturated rings. The van der Waals surface area contributed by atoms with Gasteiger partial charge in [0, 0.05) is 5.57 Å². The molecule has 0 bridgehead atoms. The molecule has 0 unspecified atom stereocenters. The molecule has 0 saturated heterocycles. The van der Waals surface area contributed by atoms with Crippen molar-refractivity contribution in [3.8, 4) is 0 Å². The molecule has 0 aromatic rings. The van der Waals surface area contributed by atoms with Gasteiger partial charge in [-0.3, -0.25) is 0 Å². The molecule has 0 aromatic carbocycles. The number of hydrogen-bond donors (Lipinski definition) is 0. The summed E-state index contributed by atoms with van der Waals surface area (Å²) < 4.78 is 5.03. The van der Waals surface area contributed by atoms with Crippen LogP contribution in [0.3, 0.4) is 0 Å². The molecule has 0 aromatic heterocycles. The van der Waals surface area contributed by atoms with Gasteiger partial charge in [0.05, 0.1) is 6.61 Å². The molecule has 0 spiro atoms. The predicted molar refractivity (Wildman–Crippen MR) is 77.5 cm³/mol. The number of esters is 1. The number of carbonyl (C=O) groups is 1. The lowest BCUT2D eigenvalue weighted by molar-refractivity contribution is -0.139. The van der Waals surface area contributed by atoms with Crippen LogP contribution in [0.15, 0.2) is 24.3 Å². The molecule has 0 amide bonds. The van der Waals surface area contributed by atoms with Gasteiger partial charge in [-0.15, -0.1) is 0 Å². The van der Waals surface area contributed by atoms with E-state index in [-0.39, 0.29) is 5.97 Å². The monoisotopic (exact) mass is 252 g/mol. The number of rotatable bonds is 11. The van der Waals surface area contributed by atoms with Crippen molar-refractivity contribution in [3.05, 3.63) is 24.3 Å². The van der Waals surface area contributed by atoms with Gasteiger partial charge in [0.15, 0.2) is 0 Å². The summed E-state index contributed by atoms with van der Waals surface area (Å²) in [6, 6.07) is 0. The van der Waals surface area contributed by atoms with E-state index in [1.807, 2.05) is 0 Å². The highest BCUT2D eigenvalue weighted by Gasteiger charge is 2.01. The Morgan fingerprint density at radius 2 is 1.61 bits per heavy atom. The molecule has 104 valence electrons. The number of allylic oxidation sites excluding steroid dienone is 2. The Labute approximate surface area is 112 Å². The van der Waals surface area contributed by atoms with Crippen LogP contribution in [0.25, 0.3) is 0 Å². The van der Waals surface area contributed by atoms with Gasteiger partial charge in [0.25, 0.3) is 0 Å². The molecule has 0 aliphatic heterocycles. The summed E-state index contributed by atoms with van der Waals surface area (Å²) in [4.78, 5) is 11.1. The molecule has 0 aliphatic rings. The quantitative estimate of drug-likeness (QED) is 0.228. The Morgan fingerprint density at radius 3 is 2.17 bits per heavy atom. The van der Waals surface area contributed by atoms with E-state index in [1.54, 1.807) is 6.92 Å². The summed E-state index contributed by atoms with van der Waals surface area (Å²) >= 11 is 0. The smallest absolute Gasteiger partial charge is 0.333 e. The number of hydrogen-bond acceptors (Lipinski definition) is 2. The molecule has 18 heavy (non-hydrogen) atoms. The van der Waals surface area contributed by atoms with Crippen LogP contribution in [0.5, 0.6) is 0 Å². The highest BCUT2D eigenvalue weighted by molar-refractivity contribution is 5.86. The van der Waals surface area contributed by atoms with Crippen LogP contribution < -0.4 is 0 Å². The van der Waals surface area contributed by atoms with E-state index in [0.29, 0.717) is 12.2 Å². The van der Waals surface area contributed by atoms with Crippen LogP contribution in [-0.4, -0.2) is 12.6 Å². The number of carbonyl (C=O) groups excluding carboxylic acids is 1.